The van der Waals surface area contributed by atoms with Crippen LogP contribution in [0.3, 0.4) is 0 Å². The summed E-state index contributed by atoms with van der Waals surface area (Å²) in [5.74, 6) is 0. The standard InChI is InChI=1S/C4H3N2.Li.H/c1-2-5-4-6-3-1;;/h1-3H;;. The minimum atomic E-state index is 0. The molecule has 0 saturated heterocycles. The van der Waals surface area contributed by atoms with E-state index in [-0.39, 0.29) is 18.9 Å². The normalized spacial score (nSPS) is 6.86. The van der Waals surface area contributed by atoms with Gasteiger partial charge < -0.3 is 0 Å². The van der Waals surface area contributed by atoms with Gasteiger partial charge in [-0.3, -0.25) is 0 Å². The van der Waals surface area contributed by atoms with E-state index in [1.165, 1.54) is 0 Å². The molecule has 7 heavy (non-hydrogen) atoms. The second-order valence-electron chi connectivity index (χ2n) is 0.849. The molecule has 1 heterocycles. The smallest absolute Gasteiger partial charge is 0.197 e. The Morgan fingerprint density at radius 1 is 1.14 bits per heavy atom. The quantitative estimate of drug-likeness (QED) is 0.403. The van der Waals surface area contributed by atoms with Gasteiger partial charge in [-0.2, -0.15) is 0 Å². The minimum absolute atomic E-state index is 0. The van der Waals surface area contributed by atoms with Gasteiger partial charge in [-0.1, -0.05) is 0 Å². The summed E-state index contributed by atoms with van der Waals surface area (Å²) in [4.78, 5) is 7.10. The monoisotopic (exact) mass is 87.1 g/mol. The van der Waals surface area contributed by atoms with Crippen LogP contribution in [0.1, 0.15) is 0 Å². The van der Waals surface area contributed by atoms with Crippen LogP contribution in [0.25, 0.3) is 0 Å². The van der Waals surface area contributed by atoms with Crippen molar-refractivity contribution in [2.45, 2.75) is 0 Å². The molecule has 0 aliphatic carbocycles. The van der Waals surface area contributed by atoms with Crippen LogP contribution in [-0.4, -0.2) is 28.8 Å². The van der Waals surface area contributed by atoms with Crippen LogP contribution in [0.15, 0.2) is 18.5 Å². The van der Waals surface area contributed by atoms with Crippen molar-refractivity contribution >= 4 is 18.9 Å². The van der Waals surface area contributed by atoms with Crippen molar-refractivity contribution in [2.75, 3.05) is 0 Å². The molecule has 2 nitrogen and oxygen atoms in total. The van der Waals surface area contributed by atoms with Crippen LogP contribution in [0.5, 0.6) is 0 Å². The van der Waals surface area contributed by atoms with E-state index in [0.29, 0.717) is 0 Å². The molecule has 3 heteroatoms. The maximum atomic E-state index is 3.55. The van der Waals surface area contributed by atoms with Crippen molar-refractivity contribution < 1.29 is 0 Å². The molecule has 1 radical (unpaired) electrons. The molecule has 1 rings (SSSR count). The van der Waals surface area contributed by atoms with Gasteiger partial charge >= 0.3 is 18.9 Å². The van der Waals surface area contributed by atoms with Crippen LogP contribution in [0.2, 0.25) is 0 Å². The number of nitrogens with zero attached hydrogens (tertiary/aromatic N) is 2. The first-order valence-corrected chi connectivity index (χ1v) is 1.63. The zero-order valence-electron chi connectivity index (χ0n) is 3.13. The molecular weight excluding hydrogens is 83.0 g/mol. The first-order chi connectivity index (χ1) is 3.00. The fraction of sp³-hybridized carbons (Fsp3) is 0. The summed E-state index contributed by atoms with van der Waals surface area (Å²) in [5, 5.41) is 0. The first-order valence-electron chi connectivity index (χ1n) is 1.63. The summed E-state index contributed by atoms with van der Waals surface area (Å²) in [6.07, 6.45) is 5.66. The van der Waals surface area contributed by atoms with Crippen molar-refractivity contribution in [3.8, 4) is 0 Å². The summed E-state index contributed by atoms with van der Waals surface area (Å²) in [5.41, 5.74) is 0. The van der Waals surface area contributed by atoms with Crippen molar-refractivity contribution in [3.05, 3.63) is 24.8 Å². The van der Waals surface area contributed by atoms with E-state index in [1.54, 1.807) is 18.5 Å². The van der Waals surface area contributed by atoms with Gasteiger partial charge in [0.2, 0.25) is 0 Å². The molecule has 0 unspecified atom stereocenters. The van der Waals surface area contributed by atoms with Gasteiger partial charge in [0.1, 0.15) is 0 Å². The van der Waals surface area contributed by atoms with Crippen LogP contribution in [-0.2, 0) is 0 Å². The van der Waals surface area contributed by atoms with Crippen molar-refractivity contribution in [2.24, 2.45) is 0 Å². The number of hydrogen-bond acceptors (Lipinski definition) is 2. The van der Waals surface area contributed by atoms with Gasteiger partial charge in [0.25, 0.3) is 0 Å². The van der Waals surface area contributed by atoms with E-state index >= 15 is 0 Å². The Hall–Kier alpha value is -0.323. The molecule has 0 bridgehead atoms. The van der Waals surface area contributed by atoms with Gasteiger partial charge in [-0.15, -0.1) is 0 Å². The zero-order chi connectivity index (χ0) is 4.24. The molecule has 0 fully saturated rings. The SMILES string of the molecule is [LiH].[c]1ncccn1. The molecule has 0 aliphatic rings. The molecule has 31 valence electrons. The van der Waals surface area contributed by atoms with Gasteiger partial charge in [-0.25, -0.2) is 9.97 Å². The molecule has 0 amide bonds. The predicted octanol–water partition coefficient (Wildman–Crippen LogP) is -0.372. The van der Waals surface area contributed by atoms with Gasteiger partial charge in [0.05, 0.1) is 0 Å². The summed E-state index contributed by atoms with van der Waals surface area (Å²) < 4.78 is 0. The maximum absolute atomic E-state index is 3.55. The molecule has 0 aromatic carbocycles. The minimum Gasteiger partial charge on any atom is -0.234 e. The molecule has 0 aliphatic heterocycles. The zero-order valence-corrected chi connectivity index (χ0v) is 3.13. The average Bonchev–Trinajstić information content (AvgIpc) is 1.72. The molecule has 0 spiro atoms. The van der Waals surface area contributed by atoms with E-state index in [9.17, 15) is 0 Å². The second kappa shape index (κ2) is 3.85. The van der Waals surface area contributed by atoms with Crippen LogP contribution in [0, 0.1) is 6.33 Å². The third-order valence-corrected chi connectivity index (χ3v) is 0.437. The van der Waals surface area contributed by atoms with Crippen LogP contribution >= 0.6 is 0 Å². The van der Waals surface area contributed by atoms with E-state index in [2.05, 4.69) is 16.3 Å². The molecule has 0 saturated carbocycles. The van der Waals surface area contributed by atoms with Crippen LogP contribution in [0.4, 0.5) is 0 Å². The molecule has 0 atom stereocenters. The Morgan fingerprint density at radius 2 is 1.71 bits per heavy atom. The maximum Gasteiger partial charge on any atom is 0.197 e. The third kappa shape index (κ3) is 2.38. The predicted molar refractivity (Wildman–Crippen MR) is 28.0 cm³/mol. The van der Waals surface area contributed by atoms with E-state index in [0.717, 1.165) is 0 Å². The number of aromatic nitrogens is 2. The van der Waals surface area contributed by atoms with Crippen LogP contribution < -0.4 is 0 Å². The topological polar surface area (TPSA) is 25.8 Å². The Labute approximate surface area is 54.2 Å². The molecule has 1 aromatic heterocycles. The summed E-state index contributed by atoms with van der Waals surface area (Å²) in [7, 11) is 0. The number of hydrogen-bond donors (Lipinski definition) is 0. The fourth-order valence-corrected chi connectivity index (χ4v) is 0.225. The second-order valence-corrected chi connectivity index (χ2v) is 0.849. The van der Waals surface area contributed by atoms with E-state index < -0.39 is 0 Å². The summed E-state index contributed by atoms with van der Waals surface area (Å²) in [6, 6.07) is 1.75. The van der Waals surface area contributed by atoms with Gasteiger partial charge in [-0.05, 0) is 6.07 Å². The average molecular weight is 87.0 g/mol. The van der Waals surface area contributed by atoms with Gasteiger partial charge in [0.15, 0.2) is 6.33 Å². The Balaban J connectivity index is 0.000000360. The van der Waals surface area contributed by atoms with Crippen molar-refractivity contribution in [1.82, 2.24) is 9.97 Å². The third-order valence-electron chi connectivity index (χ3n) is 0.437. The molecular formula is C4H4LiN2. The molecule has 0 N–H and O–H groups in total. The Bertz CT molecular complexity index is 81.6. The van der Waals surface area contributed by atoms with Crippen molar-refractivity contribution in [3.63, 3.8) is 0 Å². The Morgan fingerprint density at radius 3 is 1.86 bits per heavy atom. The summed E-state index contributed by atoms with van der Waals surface area (Å²) >= 11 is 0. The van der Waals surface area contributed by atoms with Crippen molar-refractivity contribution in [1.29, 1.82) is 0 Å². The van der Waals surface area contributed by atoms with E-state index in [1.807, 2.05) is 0 Å². The first kappa shape index (κ1) is 6.68. The Kier molecular flexibility index (Phi) is 3.68. The largest absolute Gasteiger partial charge is 0.234 e. The fourth-order valence-electron chi connectivity index (χ4n) is 0.225. The summed E-state index contributed by atoms with van der Waals surface area (Å²) in [6.45, 7) is 0. The van der Waals surface area contributed by atoms with E-state index in [4.69, 9.17) is 0 Å². The van der Waals surface area contributed by atoms with Gasteiger partial charge in [0, 0.05) is 12.4 Å². The molecule has 1 aromatic rings. The number of rotatable bonds is 0.